The van der Waals surface area contributed by atoms with Gasteiger partial charge in [0.1, 0.15) is 24.1 Å². The van der Waals surface area contributed by atoms with Gasteiger partial charge in [0.25, 0.3) is 0 Å². The first-order valence-corrected chi connectivity index (χ1v) is 6.95. The number of anilines is 1. The van der Waals surface area contributed by atoms with Gasteiger partial charge in [-0.2, -0.15) is 4.98 Å². The van der Waals surface area contributed by atoms with Crippen molar-refractivity contribution >= 4 is 11.8 Å². The zero-order chi connectivity index (χ0) is 17.1. The van der Waals surface area contributed by atoms with E-state index in [-0.39, 0.29) is 18.7 Å². The zero-order valence-electron chi connectivity index (χ0n) is 12.5. The van der Waals surface area contributed by atoms with Gasteiger partial charge in [-0.25, -0.2) is 4.79 Å². The summed E-state index contributed by atoms with van der Waals surface area (Å²) in [6, 6.07) is 0. The van der Waals surface area contributed by atoms with Gasteiger partial charge < -0.3 is 30.5 Å². The van der Waals surface area contributed by atoms with Gasteiger partial charge >= 0.3 is 11.7 Å². The molecule has 0 aromatic carbocycles. The van der Waals surface area contributed by atoms with E-state index >= 15 is 0 Å². The third kappa shape index (κ3) is 3.50. The fourth-order valence-corrected chi connectivity index (χ4v) is 2.35. The van der Waals surface area contributed by atoms with E-state index in [1.54, 1.807) is 0 Å². The van der Waals surface area contributed by atoms with Crippen LogP contribution in [0.3, 0.4) is 0 Å². The van der Waals surface area contributed by atoms with Crippen LogP contribution in [0, 0.1) is 0 Å². The third-order valence-electron chi connectivity index (χ3n) is 3.68. The first kappa shape index (κ1) is 17.3. The van der Waals surface area contributed by atoms with E-state index in [0.717, 1.165) is 4.57 Å². The number of aryl methyl sites for hydroxylation is 1. The lowest BCUT2D eigenvalue weighted by atomic mass is 10.1. The molecule has 2 rings (SSSR count). The Morgan fingerprint density at radius 3 is 2.74 bits per heavy atom. The number of rotatable bonds is 5. The molecule has 1 aromatic rings. The summed E-state index contributed by atoms with van der Waals surface area (Å²) in [6.07, 6.45) is -3.44. The van der Waals surface area contributed by atoms with E-state index in [1.807, 2.05) is 0 Å². The van der Waals surface area contributed by atoms with Crippen LogP contribution < -0.4 is 11.4 Å². The predicted molar refractivity (Wildman–Crippen MR) is 76.3 cm³/mol. The van der Waals surface area contributed by atoms with Crippen LogP contribution in [-0.4, -0.2) is 62.9 Å². The number of hydrogen-bond acceptors (Lipinski definition) is 9. The second-order valence-electron chi connectivity index (χ2n) is 5.15. The van der Waals surface area contributed by atoms with Crippen LogP contribution in [0.1, 0.15) is 18.2 Å². The lowest BCUT2D eigenvalue weighted by molar-refractivity contribution is -0.140. The van der Waals surface area contributed by atoms with Gasteiger partial charge in [0.05, 0.1) is 13.7 Å². The molecular weight excluding hydrogens is 310 g/mol. The first-order chi connectivity index (χ1) is 10.9. The van der Waals surface area contributed by atoms with E-state index in [2.05, 4.69) is 9.72 Å². The lowest BCUT2D eigenvalue weighted by Crippen LogP contribution is -2.36. The quantitative estimate of drug-likeness (QED) is 0.430. The highest BCUT2D eigenvalue weighted by molar-refractivity contribution is 5.69. The minimum absolute atomic E-state index is 0.0382. The number of methoxy groups -OCH3 is 1. The largest absolute Gasteiger partial charge is 0.469 e. The molecule has 23 heavy (non-hydrogen) atoms. The molecule has 0 unspecified atom stereocenters. The first-order valence-electron chi connectivity index (χ1n) is 6.95. The minimum Gasteiger partial charge on any atom is -0.469 e. The number of nitrogen functional groups attached to an aromatic ring is 1. The number of ether oxygens (including phenoxy) is 2. The number of aromatic nitrogens is 2. The molecule has 4 atom stereocenters. The lowest BCUT2D eigenvalue weighted by Gasteiger charge is -2.18. The van der Waals surface area contributed by atoms with Crippen LogP contribution in [0.2, 0.25) is 0 Å². The minimum atomic E-state index is -1.41. The average molecular weight is 329 g/mol. The molecule has 10 nitrogen and oxygen atoms in total. The SMILES string of the molecule is COC(=O)CCc1cn([C@@H]2O[C@H](CO)[C@@H](O)[C@H]2O)c(=O)nc1N. The topological polar surface area (TPSA) is 157 Å². The highest BCUT2D eigenvalue weighted by Gasteiger charge is 2.43. The van der Waals surface area contributed by atoms with Gasteiger partial charge in [-0.1, -0.05) is 0 Å². The molecule has 0 amide bonds. The number of hydrogen-bond donors (Lipinski definition) is 4. The van der Waals surface area contributed by atoms with E-state index in [1.165, 1.54) is 13.3 Å². The van der Waals surface area contributed by atoms with Crippen molar-refractivity contribution in [1.29, 1.82) is 0 Å². The maximum atomic E-state index is 12.0. The molecule has 128 valence electrons. The summed E-state index contributed by atoms with van der Waals surface area (Å²) >= 11 is 0. The molecule has 0 radical (unpaired) electrons. The second-order valence-corrected chi connectivity index (χ2v) is 5.15. The van der Waals surface area contributed by atoms with Crippen molar-refractivity contribution in [3.8, 4) is 0 Å². The van der Waals surface area contributed by atoms with E-state index in [0.29, 0.717) is 5.56 Å². The Hall–Kier alpha value is -2.01. The summed E-state index contributed by atoms with van der Waals surface area (Å²) in [7, 11) is 1.25. The smallest absolute Gasteiger partial charge is 0.351 e. The number of carbonyl (C=O) groups excluding carboxylic acids is 1. The fraction of sp³-hybridized carbons (Fsp3) is 0.615. The number of nitrogens with two attached hydrogens (primary N) is 1. The van der Waals surface area contributed by atoms with Crippen molar-refractivity contribution in [2.45, 2.75) is 37.4 Å². The van der Waals surface area contributed by atoms with Crippen molar-refractivity contribution in [1.82, 2.24) is 9.55 Å². The Morgan fingerprint density at radius 1 is 1.48 bits per heavy atom. The van der Waals surface area contributed by atoms with Gasteiger partial charge in [-0.15, -0.1) is 0 Å². The standard InChI is InChI=1S/C13H19N3O7/c1-22-8(18)3-2-6-4-16(13(21)15-11(6)14)12-10(20)9(19)7(5-17)23-12/h4,7,9-10,12,17,19-20H,2-3,5H2,1H3,(H2,14,15,21)/t7-,9-,10-,12-/m1/s1. The maximum absolute atomic E-state index is 12.0. The molecule has 1 aliphatic heterocycles. The van der Waals surface area contributed by atoms with E-state index < -0.39 is 42.8 Å². The van der Waals surface area contributed by atoms with Gasteiger partial charge in [0.2, 0.25) is 0 Å². The normalized spacial score (nSPS) is 27.1. The summed E-state index contributed by atoms with van der Waals surface area (Å²) in [5.74, 6) is -0.489. The zero-order valence-corrected chi connectivity index (χ0v) is 12.5. The summed E-state index contributed by atoms with van der Waals surface area (Å²) in [6.45, 7) is -0.513. The number of esters is 1. The number of aliphatic hydroxyl groups excluding tert-OH is 3. The van der Waals surface area contributed by atoms with Crippen molar-refractivity contribution in [3.63, 3.8) is 0 Å². The summed E-state index contributed by atoms with van der Waals surface area (Å²) in [5.41, 5.74) is 5.28. The Kier molecular flexibility index (Phi) is 5.31. The molecule has 0 spiro atoms. The van der Waals surface area contributed by atoms with Crippen LogP contribution in [0.4, 0.5) is 5.82 Å². The molecule has 1 aliphatic rings. The van der Waals surface area contributed by atoms with Crippen LogP contribution in [0.5, 0.6) is 0 Å². The molecule has 1 saturated heterocycles. The van der Waals surface area contributed by atoms with Crippen molar-refractivity contribution < 1.29 is 29.6 Å². The highest BCUT2D eigenvalue weighted by Crippen LogP contribution is 2.28. The third-order valence-corrected chi connectivity index (χ3v) is 3.68. The van der Waals surface area contributed by atoms with Crippen molar-refractivity contribution in [2.75, 3.05) is 19.5 Å². The van der Waals surface area contributed by atoms with Gasteiger partial charge in [0.15, 0.2) is 6.23 Å². The molecule has 1 fully saturated rings. The second kappa shape index (κ2) is 7.04. The van der Waals surface area contributed by atoms with Crippen LogP contribution >= 0.6 is 0 Å². The fourth-order valence-electron chi connectivity index (χ4n) is 2.35. The monoisotopic (exact) mass is 329 g/mol. The van der Waals surface area contributed by atoms with Gasteiger partial charge in [0, 0.05) is 18.2 Å². The molecule has 5 N–H and O–H groups in total. The van der Waals surface area contributed by atoms with Crippen molar-refractivity contribution in [3.05, 3.63) is 22.2 Å². The molecule has 0 aliphatic carbocycles. The predicted octanol–water partition coefficient (Wildman–Crippen LogP) is -2.46. The van der Waals surface area contributed by atoms with Crippen LogP contribution in [0.15, 0.2) is 11.0 Å². The molecule has 2 heterocycles. The molecule has 1 aromatic heterocycles. The Morgan fingerprint density at radius 2 is 2.17 bits per heavy atom. The average Bonchev–Trinajstić information content (AvgIpc) is 2.81. The number of aliphatic hydroxyl groups is 3. The molecule has 10 heteroatoms. The Balaban J connectivity index is 2.29. The molecule has 0 bridgehead atoms. The highest BCUT2D eigenvalue weighted by atomic mass is 16.6. The van der Waals surface area contributed by atoms with E-state index in [4.69, 9.17) is 15.6 Å². The Labute approximate surface area is 131 Å². The molecular formula is C13H19N3O7. The van der Waals surface area contributed by atoms with E-state index in [9.17, 15) is 19.8 Å². The number of nitrogens with zero attached hydrogens (tertiary/aromatic N) is 2. The maximum Gasteiger partial charge on any atom is 0.351 e. The van der Waals surface area contributed by atoms with Crippen molar-refractivity contribution in [2.24, 2.45) is 0 Å². The van der Waals surface area contributed by atoms with Gasteiger partial charge in [-0.05, 0) is 6.42 Å². The Bertz CT molecular complexity index is 632. The molecule has 0 saturated carbocycles. The summed E-state index contributed by atoms with van der Waals surface area (Å²) in [4.78, 5) is 26.8. The van der Waals surface area contributed by atoms with Crippen LogP contribution in [0.25, 0.3) is 0 Å². The van der Waals surface area contributed by atoms with Gasteiger partial charge in [-0.3, -0.25) is 9.36 Å². The summed E-state index contributed by atoms with van der Waals surface area (Å²) in [5, 5.41) is 28.8. The summed E-state index contributed by atoms with van der Waals surface area (Å²) < 4.78 is 10.8. The number of carbonyl (C=O) groups is 1. The van der Waals surface area contributed by atoms with Crippen LogP contribution in [-0.2, 0) is 20.7 Å².